The van der Waals surface area contributed by atoms with E-state index in [1.807, 2.05) is 6.92 Å². The van der Waals surface area contributed by atoms with Crippen LogP contribution in [0.1, 0.15) is 22.8 Å². The van der Waals surface area contributed by atoms with Gasteiger partial charge in [-0.2, -0.15) is 0 Å². The van der Waals surface area contributed by atoms with Crippen LogP contribution in [0, 0.1) is 17.0 Å². The van der Waals surface area contributed by atoms with Gasteiger partial charge in [-0.25, -0.2) is 0 Å². The number of carbonyl (C=O) groups excluding carboxylic acids is 1. The monoisotopic (exact) mass is 294 g/mol. The van der Waals surface area contributed by atoms with Gasteiger partial charge < -0.3 is 14.7 Å². The second-order valence-corrected chi connectivity index (χ2v) is 5.20. The predicted molar refractivity (Wildman–Crippen MR) is 75.2 cm³/mol. The molecule has 0 radical (unpaired) electrons. The molecule has 1 N–H and O–H groups in total. The maximum absolute atomic E-state index is 12.5. The lowest BCUT2D eigenvalue weighted by Gasteiger charge is -2.37. The van der Waals surface area contributed by atoms with Crippen LogP contribution in [-0.2, 0) is 4.74 Å². The largest absolute Gasteiger partial charge is 0.394 e. The number of hydrogen-bond acceptors (Lipinski definition) is 5. The quantitative estimate of drug-likeness (QED) is 0.666. The Balaban J connectivity index is 2.22. The van der Waals surface area contributed by atoms with Crippen LogP contribution in [0.25, 0.3) is 0 Å². The Labute approximate surface area is 122 Å². The third-order valence-electron chi connectivity index (χ3n) is 3.61. The van der Waals surface area contributed by atoms with E-state index in [0.717, 1.165) is 0 Å². The van der Waals surface area contributed by atoms with Crippen molar-refractivity contribution in [1.82, 2.24) is 4.90 Å². The van der Waals surface area contributed by atoms with E-state index in [1.54, 1.807) is 11.8 Å². The number of benzene rings is 1. The predicted octanol–water partition coefficient (Wildman–Crippen LogP) is 1.13. The van der Waals surface area contributed by atoms with E-state index in [1.165, 1.54) is 18.2 Å². The molecule has 1 heterocycles. The topological polar surface area (TPSA) is 92.9 Å². The van der Waals surface area contributed by atoms with Crippen LogP contribution in [0.3, 0.4) is 0 Å². The Morgan fingerprint density at radius 3 is 2.86 bits per heavy atom. The van der Waals surface area contributed by atoms with Crippen molar-refractivity contribution in [3.05, 3.63) is 39.4 Å². The fraction of sp³-hybridized carbons (Fsp3) is 0.500. The molecule has 0 spiro atoms. The van der Waals surface area contributed by atoms with Gasteiger partial charge in [-0.1, -0.05) is 0 Å². The molecule has 2 rings (SSSR count). The number of carbonyl (C=O) groups is 1. The second kappa shape index (κ2) is 6.19. The van der Waals surface area contributed by atoms with E-state index >= 15 is 0 Å². The molecule has 1 aromatic rings. The van der Waals surface area contributed by atoms with E-state index in [2.05, 4.69) is 0 Å². The highest BCUT2D eigenvalue weighted by Gasteiger charge is 2.30. The fourth-order valence-corrected chi connectivity index (χ4v) is 2.37. The number of nitrogens with zero attached hydrogens (tertiary/aromatic N) is 2. The molecule has 0 bridgehead atoms. The van der Waals surface area contributed by atoms with Gasteiger partial charge in [0.1, 0.15) is 0 Å². The van der Waals surface area contributed by atoms with Gasteiger partial charge in [-0.3, -0.25) is 14.9 Å². The summed E-state index contributed by atoms with van der Waals surface area (Å²) in [6, 6.07) is 4.23. The molecule has 0 aromatic heterocycles. The molecule has 1 fully saturated rings. The van der Waals surface area contributed by atoms with Gasteiger partial charge in [-0.05, 0) is 26.0 Å². The molecule has 7 heteroatoms. The van der Waals surface area contributed by atoms with E-state index in [-0.39, 0.29) is 30.3 Å². The molecule has 2 unspecified atom stereocenters. The average Bonchev–Trinajstić information content (AvgIpc) is 2.46. The van der Waals surface area contributed by atoms with Crippen LogP contribution >= 0.6 is 0 Å². The summed E-state index contributed by atoms with van der Waals surface area (Å²) in [7, 11) is 0. The number of hydrogen-bond donors (Lipinski definition) is 1. The van der Waals surface area contributed by atoms with Crippen LogP contribution in [0.5, 0.6) is 0 Å². The minimum Gasteiger partial charge on any atom is -0.394 e. The zero-order chi connectivity index (χ0) is 15.6. The number of aliphatic hydroxyl groups excluding tert-OH is 1. The Hall–Kier alpha value is -1.99. The number of morpholine rings is 1. The van der Waals surface area contributed by atoms with Crippen molar-refractivity contribution in [3.8, 4) is 0 Å². The average molecular weight is 294 g/mol. The third kappa shape index (κ3) is 3.20. The highest BCUT2D eigenvalue weighted by molar-refractivity contribution is 5.95. The van der Waals surface area contributed by atoms with E-state index < -0.39 is 4.92 Å². The van der Waals surface area contributed by atoms with Crippen LogP contribution in [0.15, 0.2) is 18.2 Å². The van der Waals surface area contributed by atoms with Crippen LogP contribution in [0.2, 0.25) is 0 Å². The summed E-state index contributed by atoms with van der Waals surface area (Å²) in [5, 5.41) is 20.0. The highest BCUT2D eigenvalue weighted by atomic mass is 16.6. The first kappa shape index (κ1) is 15.4. The summed E-state index contributed by atoms with van der Waals surface area (Å²) in [6.07, 6.45) is -0.385. The third-order valence-corrected chi connectivity index (χ3v) is 3.61. The Morgan fingerprint density at radius 1 is 1.57 bits per heavy atom. The van der Waals surface area contributed by atoms with Crippen molar-refractivity contribution in [2.24, 2.45) is 0 Å². The number of ether oxygens (including phenoxy) is 1. The second-order valence-electron chi connectivity index (χ2n) is 5.20. The van der Waals surface area contributed by atoms with E-state index in [0.29, 0.717) is 24.3 Å². The smallest absolute Gasteiger partial charge is 0.272 e. The summed E-state index contributed by atoms with van der Waals surface area (Å²) in [5.41, 5.74) is 0.851. The number of nitro groups is 1. The van der Waals surface area contributed by atoms with E-state index in [9.17, 15) is 14.9 Å². The SMILES string of the molecule is Cc1cc(C(=O)N2CC(CO)OCC2C)ccc1[N+](=O)[O-]. The van der Waals surface area contributed by atoms with Gasteiger partial charge in [-0.15, -0.1) is 0 Å². The Morgan fingerprint density at radius 2 is 2.29 bits per heavy atom. The molecule has 1 aliphatic rings. The summed E-state index contributed by atoms with van der Waals surface area (Å²) in [5.74, 6) is -0.206. The van der Waals surface area contributed by atoms with Gasteiger partial charge in [0, 0.05) is 23.7 Å². The Bertz CT molecular complexity index is 560. The maximum Gasteiger partial charge on any atom is 0.272 e. The lowest BCUT2D eigenvalue weighted by atomic mass is 10.1. The maximum atomic E-state index is 12.5. The highest BCUT2D eigenvalue weighted by Crippen LogP contribution is 2.21. The number of amides is 1. The van der Waals surface area contributed by atoms with Crippen molar-refractivity contribution in [2.75, 3.05) is 19.8 Å². The molecule has 0 saturated carbocycles. The number of aliphatic hydroxyl groups is 1. The van der Waals surface area contributed by atoms with Gasteiger partial charge in [0.2, 0.25) is 0 Å². The molecular weight excluding hydrogens is 276 g/mol. The fourth-order valence-electron chi connectivity index (χ4n) is 2.37. The zero-order valence-electron chi connectivity index (χ0n) is 12.0. The lowest BCUT2D eigenvalue weighted by Crippen LogP contribution is -2.52. The molecule has 1 aromatic carbocycles. The van der Waals surface area contributed by atoms with Gasteiger partial charge in [0.25, 0.3) is 11.6 Å². The van der Waals surface area contributed by atoms with Gasteiger partial charge in [0.05, 0.1) is 30.3 Å². The molecule has 114 valence electrons. The minimum absolute atomic E-state index is 0.00480. The van der Waals surface area contributed by atoms with Crippen molar-refractivity contribution < 1.29 is 19.6 Å². The van der Waals surface area contributed by atoms with Crippen molar-refractivity contribution in [2.45, 2.75) is 26.0 Å². The standard InChI is InChI=1S/C14H18N2O5/c1-9-5-11(3-4-13(9)16(19)20)14(18)15-6-12(7-17)21-8-10(15)2/h3-5,10,12,17H,6-8H2,1-2H3. The molecule has 1 saturated heterocycles. The lowest BCUT2D eigenvalue weighted by molar-refractivity contribution is -0.385. The van der Waals surface area contributed by atoms with E-state index in [4.69, 9.17) is 9.84 Å². The van der Waals surface area contributed by atoms with Gasteiger partial charge >= 0.3 is 0 Å². The van der Waals surface area contributed by atoms with Crippen molar-refractivity contribution >= 4 is 11.6 Å². The van der Waals surface area contributed by atoms with Crippen LogP contribution in [0.4, 0.5) is 5.69 Å². The normalized spacial score (nSPS) is 22.1. The summed E-state index contributed by atoms with van der Waals surface area (Å²) in [4.78, 5) is 24.5. The first-order valence-electron chi connectivity index (χ1n) is 6.72. The number of rotatable bonds is 3. The Kier molecular flexibility index (Phi) is 4.54. The summed E-state index contributed by atoms with van der Waals surface area (Å²) >= 11 is 0. The van der Waals surface area contributed by atoms with Crippen LogP contribution in [-0.4, -0.2) is 52.7 Å². The molecule has 1 aliphatic heterocycles. The molecule has 21 heavy (non-hydrogen) atoms. The van der Waals surface area contributed by atoms with Crippen LogP contribution < -0.4 is 0 Å². The number of nitro benzene ring substituents is 1. The summed E-state index contributed by atoms with van der Waals surface area (Å²) in [6.45, 7) is 4.00. The first-order valence-corrected chi connectivity index (χ1v) is 6.72. The zero-order valence-corrected chi connectivity index (χ0v) is 12.0. The van der Waals surface area contributed by atoms with Gasteiger partial charge in [0.15, 0.2) is 0 Å². The molecule has 2 atom stereocenters. The van der Waals surface area contributed by atoms with Crippen molar-refractivity contribution in [3.63, 3.8) is 0 Å². The molecular formula is C14H18N2O5. The molecule has 7 nitrogen and oxygen atoms in total. The molecule has 0 aliphatic carbocycles. The van der Waals surface area contributed by atoms with Crippen molar-refractivity contribution in [1.29, 1.82) is 0 Å². The molecule has 1 amide bonds. The summed E-state index contributed by atoms with van der Waals surface area (Å²) < 4.78 is 5.40. The first-order chi connectivity index (χ1) is 9.93. The minimum atomic E-state index is -0.470. The number of aryl methyl sites for hydroxylation is 1.